The molecule has 0 aromatic carbocycles. The zero-order valence-electron chi connectivity index (χ0n) is 12.8. The molecule has 0 radical (unpaired) electrons. The van der Waals surface area contributed by atoms with Gasteiger partial charge in [-0.3, -0.25) is 4.79 Å². The number of carboxylic acid groups (broad SMARTS) is 1. The molecule has 0 aliphatic heterocycles. The van der Waals surface area contributed by atoms with Crippen molar-refractivity contribution in [3.63, 3.8) is 0 Å². The fraction of sp³-hybridized carbons (Fsp3) is 0.941. The topological polar surface area (TPSA) is 37.3 Å². The summed E-state index contributed by atoms with van der Waals surface area (Å²) in [4.78, 5) is 12.0. The third kappa shape index (κ3) is 2.83. The highest BCUT2D eigenvalue weighted by molar-refractivity contribution is 5.75. The molecule has 0 saturated heterocycles. The first-order valence-corrected chi connectivity index (χ1v) is 8.23. The van der Waals surface area contributed by atoms with Crippen molar-refractivity contribution in [1.29, 1.82) is 0 Å². The molecule has 0 bridgehead atoms. The zero-order chi connectivity index (χ0) is 14.0. The number of hydrogen-bond donors (Lipinski definition) is 1. The fourth-order valence-corrected chi connectivity index (χ4v) is 4.56. The first-order valence-electron chi connectivity index (χ1n) is 8.23. The van der Waals surface area contributed by atoms with Crippen LogP contribution >= 0.6 is 0 Å². The van der Waals surface area contributed by atoms with Crippen molar-refractivity contribution in [2.24, 2.45) is 29.1 Å². The first kappa shape index (κ1) is 14.9. The van der Waals surface area contributed by atoms with Crippen LogP contribution in [0, 0.1) is 29.1 Å². The van der Waals surface area contributed by atoms with E-state index in [4.69, 9.17) is 0 Å². The molecule has 2 nitrogen and oxygen atoms in total. The minimum Gasteiger partial charge on any atom is -0.481 e. The molecule has 2 aliphatic carbocycles. The quantitative estimate of drug-likeness (QED) is 0.801. The van der Waals surface area contributed by atoms with Gasteiger partial charge in [-0.1, -0.05) is 46.5 Å². The van der Waals surface area contributed by atoms with Gasteiger partial charge in [0.1, 0.15) is 0 Å². The molecular formula is C17H30O2. The smallest absolute Gasteiger partial charge is 0.309 e. The summed E-state index contributed by atoms with van der Waals surface area (Å²) >= 11 is 0. The second-order valence-corrected chi connectivity index (χ2v) is 7.30. The van der Waals surface area contributed by atoms with Gasteiger partial charge in [0, 0.05) is 0 Å². The third-order valence-electron chi connectivity index (χ3n) is 6.27. The maximum absolute atomic E-state index is 12.0. The van der Waals surface area contributed by atoms with Crippen molar-refractivity contribution < 1.29 is 9.90 Å². The molecule has 2 saturated carbocycles. The highest BCUT2D eigenvalue weighted by atomic mass is 16.4. The molecule has 1 N–H and O–H groups in total. The summed E-state index contributed by atoms with van der Waals surface area (Å²) in [5.41, 5.74) is -0.396. The van der Waals surface area contributed by atoms with Gasteiger partial charge in [0.15, 0.2) is 0 Å². The van der Waals surface area contributed by atoms with Crippen LogP contribution in [0.25, 0.3) is 0 Å². The van der Waals surface area contributed by atoms with E-state index >= 15 is 0 Å². The minimum absolute atomic E-state index is 0.396. The Morgan fingerprint density at radius 3 is 2.53 bits per heavy atom. The number of rotatable bonds is 3. The van der Waals surface area contributed by atoms with Crippen molar-refractivity contribution in [1.82, 2.24) is 0 Å². The van der Waals surface area contributed by atoms with Crippen LogP contribution in [0.5, 0.6) is 0 Å². The van der Waals surface area contributed by atoms with Gasteiger partial charge in [-0.15, -0.1) is 0 Å². The highest BCUT2D eigenvalue weighted by Gasteiger charge is 2.49. The fourth-order valence-electron chi connectivity index (χ4n) is 4.56. The van der Waals surface area contributed by atoms with Gasteiger partial charge >= 0.3 is 5.97 Å². The summed E-state index contributed by atoms with van der Waals surface area (Å²) in [6, 6.07) is 0. The predicted octanol–water partition coefficient (Wildman–Crippen LogP) is 4.73. The molecule has 0 amide bonds. The van der Waals surface area contributed by atoms with E-state index in [0.29, 0.717) is 17.8 Å². The molecule has 2 heteroatoms. The summed E-state index contributed by atoms with van der Waals surface area (Å²) < 4.78 is 0. The van der Waals surface area contributed by atoms with Gasteiger partial charge in [-0.2, -0.15) is 0 Å². The van der Waals surface area contributed by atoms with E-state index in [1.54, 1.807) is 0 Å². The van der Waals surface area contributed by atoms with Crippen LogP contribution in [0.1, 0.15) is 72.1 Å². The van der Waals surface area contributed by atoms with Gasteiger partial charge in [-0.25, -0.2) is 0 Å². The molecule has 2 rings (SSSR count). The monoisotopic (exact) mass is 266 g/mol. The Balaban J connectivity index is 2.17. The van der Waals surface area contributed by atoms with E-state index in [9.17, 15) is 9.90 Å². The number of aliphatic carboxylic acids is 1. The Labute approximate surface area is 118 Å². The molecule has 0 spiro atoms. The van der Waals surface area contributed by atoms with Crippen LogP contribution in [0.3, 0.4) is 0 Å². The summed E-state index contributed by atoms with van der Waals surface area (Å²) in [6.07, 6.45) is 8.84. The lowest BCUT2D eigenvalue weighted by molar-refractivity contribution is -0.159. The maximum atomic E-state index is 12.0. The molecule has 2 fully saturated rings. The zero-order valence-corrected chi connectivity index (χ0v) is 12.8. The predicted molar refractivity (Wildman–Crippen MR) is 78.0 cm³/mol. The standard InChI is InChI=1S/C17H30O2/c1-4-14-6-5-9-17(11-14,16(18)19)15-8-7-12(2)13(3)10-15/h12-15H,4-11H2,1-3H3,(H,18,19). The molecule has 5 unspecified atom stereocenters. The summed E-state index contributed by atoms with van der Waals surface area (Å²) in [5.74, 6) is 2.02. The molecule has 19 heavy (non-hydrogen) atoms. The Morgan fingerprint density at radius 1 is 1.21 bits per heavy atom. The average molecular weight is 266 g/mol. The Bertz CT molecular complexity index is 325. The number of hydrogen-bond acceptors (Lipinski definition) is 1. The summed E-state index contributed by atoms with van der Waals surface area (Å²) in [6.45, 7) is 6.85. The highest BCUT2D eigenvalue weighted by Crippen LogP contribution is 2.52. The van der Waals surface area contributed by atoms with Crippen molar-refractivity contribution in [2.75, 3.05) is 0 Å². The van der Waals surface area contributed by atoms with Crippen molar-refractivity contribution in [2.45, 2.75) is 72.1 Å². The second-order valence-electron chi connectivity index (χ2n) is 7.30. The number of carboxylic acids is 1. The molecule has 0 aromatic rings. The van der Waals surface area contributed by atoms with Crippen LogP contribution in [0.15, 0.2) is 0 Å². The van der Waals surface area contributed by atoms with Gasteiger partial charge in [0.2, 0.25) is 0 Å². The van der Waals surface area contributed by atoms with E-state index in [1.807, 2.05) is 0 Å². The van der Waals surface area contributed by atoms with Crippen LogP contribution in [0.4, 0.5) is 0 Å². The normalized spacial score (nSPS) is 43.9. The maximum Gasteiger partial charge on any atom is 0.309 e. The van der Waals surface area contributed by atoms with Crippen LogP contribution in [0.2, 0.25) is 0 Å². The van der Waals surface area contributed by atoms with Crippen LogP contribution < -0.4 is 0 Å². The van der Waals surface area contributed by atoms with Crippen LogP contribution in [-0.2, 0) is 4.79 Å². The van der Waals surface area contributed by atoms with E-state index in [0.717, 1.165) is 44.4 Å². The third-order valence-corrected chi connectivity index (χ3v) is 6.27. The van der Waals surface area contributed by atoms with Crippen LogP contribution in [-0.4, -0.2) is 11.1 Å². The lowest BCUT2D eigenvalue weighted by Crippen LogP contribution is -2.45. The summed E-state index contributed by atoms with van der Waals surface area (Å²) in [7, 11) is 0. The Kier molecular flexibility index (Phi) is 4.58. The second kappa shape index (κ2) is 5.85. The number of carbonyl (C=O) groups is 1. The van der Waals surface area contributed by atoms with Crippen molar-refractivity contribution in [3.05, 3.63) is 0 Å². The van der Waals surface area contributed by atoms with Gasteiger partial charge in [0.25, 0.3) is 0 Å². The minimum atomic E-state index is -0.502. The van der Waals surface area contributed by atoms with Crippen molar-refractivity contribution >= 4 is 5.97 Å². The SMILES string of the molecule is CCC1CCCC(C(=O)O)(C2CCC(C)C(C)C2)C1. The molecule has 0 aromatic heterocycles. The van der Waals surface area contributed by atoms with E-state index in [2.05, 4.69) is 20.8 Å². The van der Waals surface area contributed by atoms with Gasteiger partial charge in [0.05, 0.1) is 5.41 Å². The van der Waals surface area contributed by atoms with E-state index in [-0.39, 0.29) is 0 Å². The lowest BCUT2D eigenvalue weighted by Gasteiger charge is -2.47. The van der Waals surface area contributed by atoms with Gasteiger partial charge < -0.3 is 5.11 Å². The van der Waals surface area contributed by atoms with Gasteiger partial charge in [-0.05, 0) is 49.4 Å². The first-order chi connectivity index (χ1) is 8.99. The lowest BCUT2D eigenvalue weighted by atomic mass is 9.57. The summed E-state index contributed by atoms with van der Waals surface area (Å²) in [5, 5.41) is 9.91. The Hall–Kier alpha value is -0.530. The van der Waals surface area contributed by atoms with Crippen molar-refractivity contribution in [3.8, 4) is 0 Å². The van der Waals surface area contributed by atoms with E-state index in [1.165, 1.54) is 12.8 Å². The molecule has 0 heterocycles. The molecule has 2 aliphatic rings. The largest absolute Gasteiger partial charge is 0.481 e. The molecular weight excluding hydrogens is 236 g/mol. The average Bonchev–Trinajstić information content (AvgIpc) is 2.41. The molecule has 110 valence electrons. The molecule has 5 atom stereocenters. The van der Waals surface area contributed by atoms with E-state index < -0.39 is 11.4 Å². The Morgan fingerprint density at radius 2 is 1.95 bits per heavy atom.